The Morgan fingerprint density at radius 1 is 1.29 bits per heavy atom. The molecule has 2 aliphatic heterocycles. The van der Waals surface area contributed by atoms with Crippen molar-refractivity contribution in [3.63, 3.8) is 0 Å². The van der Waals surface area contributed by atoms with Crippen LogP contribution in [0.5, 0.6) is 5.75 Å². The van der Waals surface area contributed by atoms with E-state index in [-0.39, 0.29) is 0 Å². The van der Waals surface area contributed by atoms with Crippen molar-refractivity contribution in [1.29, 1.82) is 0 Å². The molecule has 0 amide bonds. The number of anilines is 1. The summed E-state index contributed by atoms with van der Waals surface area (Å²) in [6.07, 6.45) is 2.64. The fraction of sp³-hybridized carbons (Fsp3) is 0.571. The van der Waals surface area contributed by atoms with Gasteiger partial charge in [-0.1, -0.05) is 12.1 Å². The van der Waals surface area contributed by atoms with Gasteiger partial charge in [-0.15, -0.1) is 0 Å². The number of nitrogens with zero attached hydrogens (tertiary/aromatic N) is 1. The van der Waals surface area contributed by atoms with E-state index in [2.05, 4.69) is 35.3 Å². The summed E-state index contributed by atoms with van der Waals surface area (Å²) in [6.45, 7) is 6.46. The maximum atomic E-state index is 6.05. The Morgan fingerprint density at radius 2 is 2.12 bits per heavy atom. The van der Waals surface area contributed by atoms with Gasteiger partial charge in [0.25, 0.3) is 0 Å². The summed E-state index contributed by atoms with van der Waals surface area (Å²) in [5.74, 6) is 1.13. The van der Waals surface area contributed by atoms with Crippen LogP contribution < -0.4 is 15.0 Å². The first-order chi connectivity index (χ1) is 8.34. The molecular weight excluding hydrogens is 212 g/mol. The molecular formula is C14H20N2O. The lowest BCUT2D eigenvalue weighted by atomic mass is 10.0. The predicted molar refractivity (Wildman–Crippen MR) is 69.9 cm³/mol. The zero-order valence-corrected chi connectivity index (χ0v) is 10.4. The number of fused-ring (bicyclic) bond motifs is 1. The van der Waals surface area contributed by atoms with Gasteiger partial charge >= 0.3 is 0 Å². The lowest BCUT2D eigenvalue weighted by Crippen LogP contribution is -2.43. The molecule has 92 valence electrons. The zero-order chi connectivity index (χ0) is 11.7. The number of hydrogen-bond acceptors (Lipinski definition) is 3. The molecule has 0 spiro atoms. The second-order valence-corrected chi connectivity index (χ2v) is 4.97. The summed E-state index contributed by atoms with van der Waals surface area (Å²) < 4.78 is 6.05. The highest BCUT2D eigenvalue weighted by Gasteiger charge is 2.22. The van der Waals surface area contributed by atoms with Crippen molar-refractivity contribution in [1.82, 2.24) is 5.32 Å². The van der Waals surface area contributed by atoms with E-state index in [0.717, 1.165) is 44.8 Å². The van der Waals surface area contributed by atoms with Crippen LogP contribution in [0, 0.1) is 0 Å². The molecule has 17 heavy (non-hydrogen) atoms. The van der Waals surface area contributed by atoms with E-state index in [0.29, 0.717) is 6.10 Å². The highest BCUT2D eigenvalue weighted by molar-refractivity contribution is 5.63. The van der Waals surface area contributed by atoms with Gasteiger partial charge in [-0.2, -0.15) is 0 Å². The first kappa shape index (κ1) is 10.9. The first-order valence-corrected chi connectivity index (χ1v) is 6.59. The van der Waals surface area contributed by atoms with Gasteiger partial charge in [-0.05, 0) is 31.4 Å². The Balaban J connectivity index is 1.93. The quantitative estimate of drug-likeness (QED) is 0.799. The Bertz CT molecular complexity index is 399. The van der Waals surface area contributed by atoms with Crippen LogP contribution in [0.15, 0.2) is 18.2 Å². The van der Waals surface area contributed by atoms with Gasteiger partial charge in [0.1, 0.15) is 5.75 Å². The van der Waals surface area contributed by atoms with Crippen LogP contribution in [-0.2, 0) is 6.42 Å². The van der Waals surface area contributed by atoms with Crippen LogP contribution in [0.1, 0.15) is 18.9 Å². The average molecular weight is 232 g/mol. The number of piperazine rings is 1. The van der Waals surface area contributed by atoms with E-state index in [4.69, 9.17) is 4.74 Å². The molecule has 1 unspecified atom stereocenters. The number of nitrogens with one attached hydrogen (secondary N) is 1. The summed E-state index contributed by atoms with van der Waals surface area (Å²) in [6, 6.07) is 6.56. The standard InChI is InChI=1S/C14H20N2O/c1-11-5-6-12-3-2-4-13(14(12)17-11)16-9-7-15-8-10-16/h2-4,11,15H,5-10H2,1H3. The van der Waals surface area contributed by atoms with E-state index in [1.807, 2.05) is 0 Å². The second-order valence-electron chi connectivity index (χ2n) is 4.97. The van der Waals surface area contributed by atoms with E-state index >= 15 is 0 Å². The Kier molecular flexibility index (Phi) is 2.93. The lowest BCUT2D eigenvalue weighted by molar-refractivity contribution is 0.193. The van der Waals surface area contributed by atoms with Gasteiger partial charge < -0.3 is 15.0 Å². The topological polar surface area (TPSA) is 24.5 Å². The van der Waals surface area contributed by atoms with Crippen molar-refractivity contribution in [3.8, 4) is 5.75 Å². The van der Waals surface area contributed by atoms with Gasteiger partial charge in [0.15, 0.2) is 0 Å². The normalized spacial score (nSPS) is 24.1. The van der Waals surface area contributed by atoms with Crippen molar-refractivity contribution < 1.29 is 4.74 Å². The van der Waals surface area contributed by atoms with E-state index in [1.54, 1.807) is 0 Å². The Hall–Kier alpha value is -1.22. The molecule has 0 radical (unpaired) electrons. The van der Waals surface area contributed by atoms with Crippen LogP contribution in [0.3, 0.4) is 0 Å². The molecule has 0 aliphatic carbocycles. The van der Waals surface area contributed by atoms with Crippen LogP contribution in [0.2, 0.25) is 0 Å². The largest absolute Gasteiger partial charge is 0.488 e. The fourth-order valence-electron chi connectivity index (χ4n) is 2.68. The summed E-state index contributed by atoms with van der Waals surface area (Å²) >= 11 is 0. The summed E-state index contributed by atoms with van der Waals surface area (Å²) in [4.78, 5) is 2.44. The Labute approximate surface area is 103 Å². The van der Waals surface area contributed by atoms with Gasteiger partial charge in [0, 0.05) is 26.2 Å². The third-order valence-electron chi connectivity index (χ3n) is 3.67. The highest BCUT2D eigenvalue weighted by Crippen LogP contribution is 2.37. The summed E-state index contributed by atoms with van der Waals surface area (Å²) in [5, 5.41) is 3.39. The van der Waals surface area contributed by atoms with Gasteiger partial charge in [-0.3, -0.25) is 0 Å². The number of rotatable bonds is 1. The predicted octanol–water partition coefficient (Wildman–Crippen LogP) is 1.81. The molecule has 0 aromatic heterocycles. The van der Waals surface area contributed by atoms with Crippen molar-refractivity contribution in [2.75, 3.05) is 31.1 Å². The molecule has 3 heteroatoms. The molecule has 3 nitrogen and oxygen atoms in total. The molecule has 0 saturated carbocycles. The SMILES string of the molecule is CC1CCc2cccc(N3CCNCC3)c2O1. The number of benzene rings is 1. The summed E-state index contributed by atoms with van der Waals surface area (Å²) in [7, 11) is 0. The van der Waals surface area contributed by atoms with Gasteiger partial charge in [0.05, 0.1) is 11.8 Å². The molecule has 2 aliphatic rings. The van der Waals surface area contributed by atoms with Crippen LogP contribution in [-0.4, -0.2) is 32.3 Å². The number of aryl methyl sites for hydroxylation is 1. The monoisotopic (exact) mass is 232 g/mol. The minimum Gasteiger partial charge on any atom is -0.488 e. The first-order valence-electron chi connectivity index (χ1n) is 6.59. The second kappa shape index (κ2) is 4.57. The van der Waals surface area contributed by atoms with E-state index in [9.17, 15) is 0 Å². The average Bonchev–Trinajstić information content (AvgIpc) is 2.39. The smallest absolute Gasteiger partial charge is 0.146 e. The molecule has 1 aromatic rings. The maximum absolute atomic E-state index is 6.05. The minimum absolute atomic E-state index is 0.353. The minimum atomic E-state index is 0.353. The van der Waals surface area contributed by atoms with Gasteiger partial charge in [0.2, 0.25) is 0 Å². The third-order valence-corrected chi connectivity index (χ3v) is 3.67. The third kappa shape index (κ3) is 2.12. The van der Waals surface area contributed by atoms with Crippen molar-refractivity contribution in [2.45, 2.75) is 25.9 Å². The fourth-order valence-corrected chi connectivity index (χ4v) is 2.68. The molecule has 1 saturated heterocycles. The van der Waals surface area contributed by atoms with Crippen LogP contribution in [0.25, 0.3) is 0 Å². The number of hydrogen-bond donors (Lipinski definition) is 1. The molecule has 3 rings (SSSR count). The zero-order valence-electron chi connectivity index (χ0n) is 10.4. The van der Waals surface area contributed by atoms with E-state index in [1.165, 1.54) is 11.3 Å². The van der Waals surface area contributed by atoms with Crippen molar-refractivity contribution in [2.24, 2.45) is 0 Å². The maximum Gasteiger partial charge on any atom is 0.146 e. The van der Waals surface area contributed by atoms with Crippen molar-refractivity contribution in [3.05, 3.63) is 23.8 Å². The Morgan fingerprint density at radius 3 is 2.94 bits per heavy atom. The molecule has 1 aromatic carbocycles. The van der Waals surface area contributed by atoms with E-state index < -0.39 is 0 Å². The van der Waals surface area contributed by atoms with Crippen LogP contribution in [0.4, 0.5) is 5.69 Å². The number of ether oxygens (including phenoxy) is 1. The number of para-hydroxylation sites is 1. The molecule has 0 bridgehead atoms. The molecule has 1 N–H and O–H groups in total. The molecule has 2 heterocycles. The summed E-state index contributed by atoms with van der Waals surface area (Å²) in [5.41, 5.74) is 2.66. The van der Waals surface area contributed by atoms with Crippen LogP contribution >= 0.6 is 0 Å². The van der Waals surface area contributed by atoms with Crippen molar-refractivity contribution >= 4 is 5.69 Å². The lowest BCUT2D eigenvalue weighted by Gasteiger charge is -2.34. The molecule has 1 atom stereocenters. The van der Waals surface area contributed by atoms with Gasteiger partial charge in [-0.25, -0.2) is 0 Å². The highest BCUT2D eigenvalue weighted by atomic mass is 16.5. The molecule has 1 fully saturated rings.